The Morgan fingerprint density at radius 3 is 2.19 bits per heavy atom. The molecule has 0 saturated heterocycles. The van der Waals surface area contributed by atoms with E-state index in [4.69, 9.17) is 0 Å². The molecule has 0 spiro atoms. The van der Waals surface area contributed by atoms with E-state index >= 15 is 0 Å². The molecule has 0 radical (unpaired) electrons. The summed E-state index contributed by atoms with van der Waals surface area (Å²) in [6, 6.07) is 10.9. The molecule has 0 amide bonds. The molecule has 1 fully saturated rings. The molecule has 0 aromatic heterocycles. The van der Waals surface area contributed by atoms with Gasteiger partial charge in [0.25, 0.3) is 0 Å². The van der Waals surface area contributed by atoms with Gasteiger partial charge >= 0.3 is 0 Å². The van der Waals surface area contributed by atoms with Crippen molar-refractivity contribution < 1.29 is 0 Å². The van der Waals surface area contributed by atoms with E-state index in [-0.39, 0.29) is 0 Å². The van der Waals surface area contributed by atoms with Crippen LogP contribution in [-0.2, 0) is 6.42 Å². The van der Waals surface area contributed by atoms with Crippen molar-refractivity contribution in [3.8, 4) is 0 Å². The number of hydrogen-bond acceptors (Lipinski definition) is 0. The summed E-state index contributed by atoms with van der Waals surface area (Å²) in [6.45, 7) is 6.42. The van der Waals surface area contributed by atoms with E-state index in [0.29, 0.717) is 0 Å². The Bertz CT molecular complexity index is 257. The molecule has 1 aliphatic rings. The van der Waals surface area contributed by atoms with Gasteiger partial charge in [0.15, 0.2) is 0 Å². The summed E-state index contributed by atoms with van der Waals surface area (Å²) in [5.74, 6) is 1.87. The van der Waals surface area contributed by atoms with Gasteiger partial charge in [0.1, 0.15) is 0 Å². The highest BCUT2D eigenvalue weighted by Gasteiger charge is 2.21. The zero-order valence-corrected chi connectivity index (χ0v) is 11.1. The monoisotopic (exact) mass is 218 g/mol. The van der Waals surface area contributed by atoms with Gasteiger partial charge in [-0.2, -0.15) is 0 Å². The molecule has 1 aromatic carbocycles. The van der Waals surface area contributed by atoms with Crippen molar-refractivity contribution in [1.82, 2.24) is 0 Å². The first-order valence-electron chi connectivity index (χ1n) is 6.90. The average molecular weight is 218 g/mol. The van der Waals surface area contributed by atoms with Crippen molar-refractivity contribution in [1.29, 1.82) is 0 Å². The van der Waals surface area contributed by atoms with Crippen molar-refractivity contribution in [3.63, 3.8) is 0 Å². The zero-order valence-electron chi connectivity index (χ0n) is 11.1. The maximum atomic E-state index is 2.42. The van der Waals surface area contributed by atoms with Crippen molar-refractivity contribution in [2.24, 2.45) is 11.8 Å². The summed E-state index contributed by atoms with van der Waals surface area (Å²) < 4.78 is 0. The molecule has 1 atom stereocenters. The Morgan fingerprint density at radius 1 is 1.06 bits per heavy atom. The maximum absolute atomic E-state index is 2.42. The van der Waals surface area contributed by atoms with Crippen LogP contribution in [0.15, 0.2) is 30.3 Å². The van der Waals surface area contributed by atoms with E-state index in [0.717, 1.165) is 11.8 Å². The van der Waals surface area contributed by atoms with Crippen LogP contribution in [0.3, 0.4) is 0 Å². The van der Waals surface area contributed by atoms with Gasteiger partial charge in [0, 0.05) is 0 Å². The lowest BCUT2D eigenvalue weighted by Gasteiger charge is -2.18. The van der Waals surface area contributed by atoms with Crippen LogP contribution < -0.4 is 0 Å². The highest BCUT2D eigenvalue weighted by Crippen LogP contribution is 2.32. The fourth-order valence-corrected chi connectivity index (χ4v) is 2.68. The standard InChI is InChI=1S/C14H20.C2H6/c1-12(14-9-5-6-10-14)11-13-7-3-2-4-8-13;1-2/h2-4,7-8,12,14H,5-6,9-11H2,1H3;1-2H3. The molecule has 1 aliphatic carbocycles. The largest absolute Gasteiger partial charge is 0.0683 e. The summed E-state index contributed by atoms with van der Waals surface area (Å²) in [5, 5.41) is 0. The Hall–Kier alpha value is -0.780. The van der Waals surface area contributed by atoms with Gasteiger partial charge in [0.05, 0.1) is 0 Å². The molecule has 0 heteroatoms. The topological polar surface area (TPSA) is 0 Å². The molecule has 0 aliphatic heterocycles. The second kappa shape index (κ2) is 7.49. The van der Waals surface area contributed by atoms with Crippen molar-refractivity contribution in [2.75, 3.05) is 0 Å². The summed E-state index contributed by atoms with van der Waals surface area (Å²) in [6.07, 6.45) is 7.13. The molecular weight excluding hydrogens is 192 g/mol. The maximum Gasteiger partial charge on any atom is -0.0250 e. The molecule has 1 aromatic rings. The average Bonchev–Trinajstić information content (AvgIpc) is 2.86. The highest BCUT2D eigenvalue weighted by atomic mass is 14.3. The van der Waals surface area contributed by atoms with Crippen LogP contribution in [0.25, 0.3) is 0 Å². The Balaban J connectivity index is 0.000000606. The van der Waals surface area contributed by atoms with Crippen molar-refractivity contribution in [2.45, 2.75) is 52.9 Å². The summed E-state index contributed by atoms with van der Waals surface area (Å²) in [5.41, 5.74) is 1.51. The van der Waals surface area contributed by atoms with Crippen LogP contribution in [0.5, 0.6) is 0 Å². The van der Waals surface area contributed by atoms with E-state index < -0.39 is 0 Å². The lowest BCUT2D eigenvalue weighted by molar-refractivity contribution is 0.365. The minimum absolute atomic E-state index is 0.875. The summed E-state index contributed by atoms with van der Waals surface area (Å²) >= 11 is 0. The van der Waals surface area contributed by atoms with Gasteiger partial charge in [-0.3, -0.25) is 0 Å². The summed E-state index contributed by atoms with van der Waals surface area (Å²) in [4.78, 5) is 0. The minimum Gasteiger partial charge on any atom is -0.0683 e. The molecule has 0 heterocycles. The molecule has 1 unspecified atom stereocenters. The fraction of sp³-hybridized carbons (Fsp3) is 0.625. The van der Waals surface area contributed by atoms with Gasteiger partial charge in [-0.15, -0.1) is 0 Å². The SMILES string of the molecule is CC.CC(Cc1ccccc1)C1CCCC1. The quantitative estimate of drug-likeness (QED) is 0.663. The molecular formula is C16H26. The minimum atomic E-state index is 0.875. The van der Waals surface area contributed by atoms with Gasteiger partial charge in [-0.05, 0) is 23.8 Å². The first-order chi connectivity index (χ1) is 7.86. The van der Waals surface area contributed by atoms with Crippen LogP contribution in [0.2, 0.25) is 0 Å². The first kappa shape index (κ1) is 13.3. The van der Waals surface area contributed by atoms with E-state index in [1.54, 1.807) is 0 Å². The smallest absolute Gasteiger partial charge is 0.0250 e. The molecule has 0 N–H and O–H groups in total. The summed E-state index contributed by atoms with van der Waals surface area (Å²) in [7, 11) is 0. The van der Waals surface area contributed by atoms with E-state index in [9.17, 15) is 0 Å². The second-order valence-electron chi connectivity index (χ2n) is 4.71. The normalized spacial score (nSPS) is 17.7. The lowest BCUT2D eigenvalue weighted by Crippen LogP contribution is -2.10. The Morgan fingerprint density at radius 2 is 1.62 bits per heavy atom. The fourth-order valence-electron chi connectivity index (χ4n) is 2.68. The number of hydrogen-bond donors (Lipinski definition) is 0. The third-order valence-corrected chi connectivity index (χ3v) is 3.61. The van der Waals surface area contributed by atoms with Gasteiger partial charge in [-0.1, -0.05) is 76.8 Å². The van der Waals surface area contributed by atoms with Gasteiger partial charge < -0.3 is 0 Å². The molecule has 0 bridgehead atoms. The van der Waals surface area contributed by atoms with Crippen LogP contribution in [0.1, 0.15) is 52.0 Å². The van der Waals surface area contributed by atoms with Crippen LogP contribution >= 0.6 is 0 Å². The van der Waals surface area contributed by atoms with Crippen LogP contribution in [-0.4, -0.2) is 0 Å². The molecule has 0 nitrogen and oxygen atoms in total. The zero-order chi connectivity index (χ0) is 11.8. The predicted octanol–water partition coefficient (Wildman–Crippen LogP) is 5.08. The molecule has 16 heavy (non-hydrogen) atoms. The Labute approximate surface area is 101 Å². The predicted molar refractivity (Wildman–Crippen MR) is 72.6 cm³/mol. The number of benzene rings is 1. The van der Waals surface area contributed by atoms with E-state index in [2.05, 4.69) is 37.3 Å². The first-order valence-corrected chi connectivity index (χ1v) is 6.90. The third-order valence-electron chi connectivity index (χ3n) is 3.61. The van der Waals surface area contributed by atoms with E-state index in [1.807, 2.05) is 13.8 Å². The molecule has 1 saturated carbocycles. The Kier molecular flexibility index (Phi) is 6.22. The van der Waals surface area contributed by atoms with Crippen LogP contribution in [0.4, 0.5) is 0 Å². The third kappa shape index (κ3) is 4.00. The molecule has 90 valence electrons. The van der Waals surface area contributed by atoms with Crippen LogP contribution in [0, 0.1) is 11.8 Å². The second-order valence-corrected chi connectivity index (χ2v) is 4.71. The van der Waals surface area contributed by atoms with Gasteiger partial charge in [-0.25, -0.2) is 0 Å². The molecule has 2 rings (SSSR count). The number of rotatable bonds is 3. The van der Waals surface area contributed by atoms with Crippen molar-refractivity contribution >= 4 is 0 Å². The highest BCUT2D eigenvalue weighted by molar-refractivity contribution is 5.15. The van der Waals surface area contributed by atoms with Crippen molar-refractivity contribution in [3.05, 3.63) is 35.9 Å². The van der Waals surface area contributed by atoms with E-state index in [1.165, 1.54) is 37.7 Å². The lowest BCUT2D eigenvalue weighted by atomic mass is 9.87. The van der Waals surface area contributed by atoms with Gasteiger partial charge in [0.2, 0.25) is 0 Å².